The molecule has 1 aliphatic heterocycles. The normalized spacial score (nSPS) is 28.6. The highest BCUT2D eigenvalue weighted by Crippen LogP contribution is 2.26. The minimum atomic E-state index is -0.259. The van der Waals surface area contributed by atoms with E-state index in [0.29, 0.717) is 0 Å². The molecule has 2 aliphatic rings. The molecule has 0 aromatic heterocycles. The lowest BCUT2D eigenvalue weighted by Crippen LogP contribution is -2.54. The fourth-order valence-electron chi connectivity index (χ4n) is 2.79. The van der Waals surface area contributed by atoms with E-state index in [0.717, 1.165) is 30.6 Å². The van der Waals surface area contributed by atoms with Crippen molar-refractivity contribution in [2.24, 2.45) is 0 Å². The lowest BCUT2D eigenvalue weighted by atomic mass is 9.95. The molecule has 0 aromatic rings. The van der Waals surface area contributed by atoms with Crippen molar-refractivity contribution in [2.75, 3.05) is 6.54 Å². The third kappa shape index (κ3) is 3.53. The second-order valence-corrected chi connectivity index (χ2v) is 7.27. The van der Waals surface area contributed by atoms with Gasteiger partial charge >= 0.3 is 0 Å². The molecule has 112 valence electrons. The van der Waals surface area contributed by atoms with Crippen LogP contribution in [-0.2, 0) is 14.4 Å². The maximum atomic E-state index is 12.0. The van der Waals surface area contributed by atoms with Gasteiger partial charge in [-0.25, -0.2) is 0 Å². The van der Waals surface area contributed by atoms with Crippen LogP contribution in [0.2, 0.25) is 0 Å². The summed E-state index contributed by atoms with van der Waals surface area (Å²) in [4.78, 5) is 37.2. The molecule has 0 bridgehead atoms. The van der Waals surface area contributed by atoms with E-state index in [1.54, 1.807) is 13.8 Å². The molecular formula is C14H22N2O3S. The van der Waals surface area contributed by atoms with Crippen molar-refractivity contribution in [2.45, 2.75) is 62.5 Å². The molecule has 1 N–H and O–H groups in total. The monoisotopic (exact) mass is 298 g/mol. The van der Waals surface area contributed by atoms with E-state index in [1.165, 1.54) is 18.2 Å². The number of nitrogens with zero attached hydrogens (tertiary/aromatic N) is 1. The van der Waals surface area contributed by atoms with Gasteiger partial charge < -0.3 is 5.32 Å². The second-order valence-electron chi connectivity index (χ2n) is 5.59. The van der Waals surface area contributed by atoms with Crippen LogP contribution < -0.4 is 5.32 Å². The van der Waals surface area contributed by atoms with Crippen LogP contribution in [0, 0.1) is 0 Å². The lowest BCUT2D eigenvalue weighted by molar-refractivity contribution is -0.148. The summed E-state index contributed by atoms with van der Waals surface area (Å²) in [6.07, 6.45) is 5.49. The summed E-state index contributed by atoms with van der Waals surface area (Å²) in [6.45, 7) is 3.42. The van der Waals surface area contributed by atoms with Gasteiger partial charge in [0.1, 0.15) is 6.54 Å². The van der Waals surface area contributed by atoms with Crippen molar-refractivity contribution < 1.29 is 14.4 Å². The van der Waals surface area contributed by atoms with Crippen LogP contribution in [0.5, 0.6) is 0 Å². The van der Waals surface area contributed by atoms with Gasteiger partial charge in [0.2, 0.25) is 17.7 Å². The molecule has 3 amide bonds. The molecule has 1 heterocycles. The zero-order valence-electron chi connectivity index (χ0n) is 12.1. The van der Waals surface area contributed by atoms with E-state index in [1.807, 2.05) is 0 Å². The van der Waals surface area contributed by atoms with Crippen LogP contribution in [0.25, 0.3) is 0 Å². The first-order chi connectivity index (χ1) is 9.49. The zero-order chi connectivity index (χ0) is 14.7. The quantitative estimate of drug-likeness (QED) is 0.798. The molecular weight excluding hydrogens is 276 g/mol. The summed E-state index contributed by atoms with van der Waals surface area (Å²) in [5.41, 5.74) is 0. The number of hydrogen-bond acceptors (Lipinski definition) is 4. The van der Waals surface area contributed by atoms with Gasteiger partial charge in [-0.2, -0.15) is 0 Å². The Labute approximate surface area is 123 Å². The molecule has 2 atom stereocenters. The Morgan fingerprint density at radius 1 is 1.15 bits per heavy atom. The standard InChI is InChI=1S/C14H22N2O3S/c1-9-13(18)16(14(19)10(2)20-9)8-12(17)15-11-6-4-3-5-7-11/h9-11H,3-8H2,1-2H3,(H,15,17)/t9-,10-/m0/s1. The number of nitrogens with one attached hydrogen (secondary N) is 1. The van der Waals surface area contributed by atoms with Crippen molar-refractivity contribution in [3.05, 3.63) is 0 Å². The molecule has 2 rings (SSSR count). The highest BCUT2D eigenvalue weighted by molar-refractivity contribution is 8.02. The molecule has 2 fully saturated rings. The van der Waals surface area contributed by atoms with E-state index >= 15 is 0 Å². The van der Waals surface area contributed by atoms with Crippen molar-refractivity contribution in [3.63, 3.8) is 0 Å². The van der Waals surface area contributed by atoms with E-state index in [4.69, 9.17) is 0 Å². The summed E-state index contributed by atoms with van der Waals surface area (Å²) in [5.74, 6) is -0.723. The molecule has 5 nitrogen and oxygen atoms in total. The number of hydrogen-bond donors (Lipinski definition) is 1. The first-order valence-corrected chi connectivity index (χ1v) is 8.23. The number of amides is 3. The minimum absolute atomic E-state index is 0.136. The van der Waals surface area contributed by atoms with Crippen LogP contribution in [-0.4, -0.2) is 45.7 Å². The van der Waals surface area contributed by atoms with Gasteiger partial charge in [-0.1, -0.05) is 19.3 Å². The third-order valence-corrected chi connectivity index (χ3v) is 5.13. The Bertz CT molecular complexity index is 387. The molecule has 1 saturated heterocycles. The smallest absolute Gasteiger partial charge is 0.242 e. The van der Waals surface area contributed by atoms with Crippen LogP contribution >= 0.6 is 11.8 Å². The number of thioether (sulfide) groups is 1. The largest absolute Gasteiger partial charge is 0.352 e. The van der Waals surface area contributed by atoms with Crippen molar-refractivity contribution in [1.29, 1.82) is 0 Å². The maximum Gasteiger partial charge on any atom is 0.242 e. The van der Waals surface area contributed by atoms with Crippen LogP contribution in [0.4, 0.5) is 0 Å². The van der Waals surface area contributed by atoms with E-state index in [9.17, 15) is 14.4 Å². The Balaban J connectivity index is 1.91. The average molecular weight is 298 g/mol. The molecule has 20 heavy (non-hydrogen) atoms. The lowest BCUT2D eigenvalue weighted by Gasteiger charge is -2.32. The number of imide groups is 1. The van der Waals surface area contributed by atoms with Gasteiger partial charge in [0.15, 0.2) is 0 Å². The van der Waals surface area contributed by atoms with Crippen molar-refractivity contribution in [3.8, 4) is 0 Å². The molecule has 0 spiro atoms. The Morgan fingerprint density at radius 3 is 2.25 bits per heavy atom. The van der Waals surface area contributed by atoms with Crippen LogP contribution in [0.3, 0.4) is 0 Å². The Morgan fingerprint density at radius 2 is 1.70 bits per heavy atom. The maximum absolute atomic E-state index is 12.0. The van der Waals surface area contributed by atoms with Crippen LogP contribution in [0.1, 0.15) is 46.0 Å². The highest BCUT2D eigenvalue weighted by atomic mass is 32.2. The predicted octanol–water partition coefficient (Wildman–Crippen LogP) is 1.31. The van der Waals surface area contributed by atoms with Crippen molar-refractivity contribution in [1.82, 2.24) is 10.2 Å². The number of carbonyl (C=O) groups excluding carboxylic acids is 3. The van der Waals surface area contributed by atoms with E-state index in [-0.39, 0.29) is 40.8 Å². The Hall–Kier alpha value is -1.04. The summed E-state index contributed by atoms with van der Waals surface area (Å²) in [5, 5.41) is 2.43. The van der Waals surface area contributed by atoms with Gasteiger partial charge in [-0.3, -0.25) is 19.3 Å². The van der Waals surface area contributed by atoms with Crippen molar-refractivity contribution >= 4 is 29.5 Å². The fraction of sp³-hybridized carbons (Fsp3) is 0.786. The summed E-state index contributed by atoms with van der Waals surface area (Å²) in [7, 11) is 0. The zero-order valence-corrected chi connectivity index (χ0v) is 12.9. The highest BCUT2D eigenvalue weighted by Gasteiger charge is 2.38. The molecule has 6 heteroatoms. The van der Waals surface area contributed by atoms with Gasteiger partial charge in [0, 0.05) is 6.04 Å². The molecule has 0 unspecified atom stereocenters. The van der Waals surface area contributed by atoms with Gasteiger partial charge in [-0.05, 0) is 26.7 Å². The SMILES string of the molecule is C[C@@H]1S[C@@H](C)C(=O)N(CC(=O)NC2CCCCC2)C1=O. The molecule has 1 aliphatic carbocycles. The van der Waals surface area contributed by atoms with Gasteiger partial charge in [-0.15, -0.1) is 11.8 Å². The fourth-order valence-corrected chi connectivity index (χ4v) is 3.89. The molecule has 1 saturated carbocycles. The third-order valence-electron chi connectivity index (χ3n) is 3.91. The summed E-state index contributed by atoms with van der Waals surface area (Å²) < 4.78 is 0. The average Bonchev–Trinajstić information content (AvgIpc) is 2.42. The summed E-state index contributed by atoms with van der Waals surface area (Å²) >= 11 is 1.35. The number of rotatable bonds is 3. The topological polar surface area (TPSA) is 66.5 Å². The second kappa shape index (κ2) is 6.61. The Kier molecular flexibility index (Phi) is 5.07. The first kappa shape index (κ1) is 15.4. The van der Waals surface area contributed by atoms with Gasteiger partial charge in [0.05, 0.1) is 10.5 Å². The molecule has 0 aromatic carbocycles. The predicted molar refractivity (Wildman–Crippen MR) is 78.3 cm³/mol. The van der Waals surface area contributed by atoms with E-state index < -0.39 is 0 Å². The molecule has 0 radical (unpaired) electrons. The van der Waals surface area contributed by atoms with E-state index in [2.05, 4.69) is 5.32 Å². The number of carbonyl (C=O) groups is 3. The minimum Gasteiger partial charge on any atom is -0.352 e. The first-order valence-electron chi connectivity index (χ1n) is 7.29. The summed E-state index contributed by atoms with van der Waals surface area (Å²) in [6, 6.07) is 0.204. The van der Waals surface area contributed by atoms with Crippen LogP contribution in [0.15, 0.2) is 0 Å². The van der Waals surface area contributed by atoms with Gasteiger partial charge in [0.25, 0.3) is 0 Å².